The highest BCUT2D eigenvalue weighted by Gasteiger charge is 2.36. The molecular weight excluding hydrogens is 539 g/mol. The Labute approximate surface area is 244 Å². The zero-order valence-corrected chi connectivity index (χ0v) is 24.2. The molecule has 1 saturated carbocycles. The molecule has 1 fully saturated rings. The molecule has 6 N–H and O–H groups in total. The lowest BCUT2D eigenvalue weighted by Gasteiger charge is -2.39. The summed E-state index contributed by atoms with van der Waals surface area (Å²) >= 11 is 0. The number of amides is 2. The lowest BCUT2D eigenvalue weighted by molar-refractivity contribution is 0.0941. The van der Waals surface area contributed by atoms with E-state index in [4.69, 9.17) is 16.2 Å². The van der Waals surface area contributed by atoms with Crippen LogP contribution in [0.2, 0.25) is 0 Å². The van der Waals surface area contributed by atoms with Gasteiger partial charge < -0.3 is 26.8 Å². The first-order valence-electron chi connectivity index (χ1n) is 13.9. The number of nitrogens with zero attached hydrogens (tertiary/aromatic N) is 2. The van der Waals surface area contributed by atoms with Crippen molar-refractivity contribution in [1.29, 1.82) is 0 Å². The summed E-state index contributed by atoms with van der Waals surface area (Å²) in [6, 6.07) is 8.30. The number of alkyl carbamates (subject to hydrolysis) is 1. The number of aromatic nitrogens is 2. The van der Waals surface area contributed by atoms with Crippen LogP contribution in [0.4, 0.5) is 14.9 Å². The van der Waals surface area contributed by atoms with Gasteiger partial charge in [0.1, 0.15) is 11.5 Å². The minimum Gasteiger partial charge on any atom is -0.453 e. The second kappa shape index (κ2) is 13.1. The van der Waals surface area contributed by atoms with Crippen LogP contribution in [-0.4, -0.2) is 53.0 Å². The molecule has 1 aliphatic rings. The standard InChI is InChI=1S/C31H37FN6O4/c1-16(2)36-30(40)18-5-6-23(32)22(12-18)26-8-7-24(33)29(37-26)27(39)14-20-15-35-10-9-21(20)19-11-17(3)28(25(34)13-19)38-31(41)42-4/h5-10,12,15-17,19,25,28H,11,13-14,33-34H2,1-4H3,(H,36,40)(H,38,41)/t17-,19+,25+,28-/m0/s1. The number of carbonyl (C=O) groups is 3. The number of hydrogen-bond donors (Lipinski definition) is 4. The summed E-state index contributed by atoms with van der Waals surface area (Å²) < 4.78 is 19.6. The SMILES string of the molecule is COC(=O)N[C@@H]1[C@H](N)C[C@H](c2ccncc2CC(=O)c2nc(-c3cc(C(=O)NC(C)C)ccc3F)ccc2N)C[C@@H]1C. The van der Waals surface area contributed by atoms with Gasteiger partial charge in [-0.05, 0) is 86.1 Å². The second-order valence-electron chi connectivity index (χ2n) is 11.1. The average molecular weight is 577 g/mol. The Bertz CT molecular complexity index is 1470. The maximum Gasteiger partial charge on any atom is 0.407 e. The highest BCUT2D eigenvalue weighted by atomic mass is 19.1. The number of nitrogens with two attached hydrogens (primary N) is 2. The van der Waals surface area contributed by atoms with Crippen molar-refractivity contribution in [2.24, 2.45) is 11.7 Å². The molecule has 10 nitrogen and oxygen atoms in total. The molecule has 0 radical (unpaired) electrons. The van der Waals surface area contributed by atoms with Crippen molar-refractivity contribution in [1.82, 2.24) is 20.6 Å². The third-order valence-electron chi connectivity index (χ3n) is 7.60. The number of ether oxygens (including phenoxy) is 1. The van der Waals surface area contributed by atoms with Gasteiger partial charge in [0.15, 0.2) is 5.78 Å². The van der Waals surface area contributed by atoms with Crippen LogP contribution in [0.1, 0.15) is 71.5 Å². The fourth-order valence-electron chi connectivity index (χ4n) is 5.58. The van der Waals surface area contributed by atoms with E-state index in [0.717, 1.165) is 17.5 Å². The number of anilines is 1. The van der Waals surface area contributed by atoms with Crippen molar-refractivity contribution in [2.75, 3.05) is 12.8 Å². The number of rotatable bonds is 8. The molecule has 0 saturated heterocycles. The van der Waals surface area contributed by atoms with Crippen LogP contribution in [0, 0.1) is 11.7 Å². The molecule has 0 bridgehead atoms. The molecule has 0 unspecified atom stereocenters. The summed E-state index contributed by atoms with van der Waals surface area (Å²) in [7, 11) is 1.31. The van der Waals surface area contributed by atoms with Gasteiger partial charge in [-0.15, -0.1) is 0 Å². The van der Waals surface area contributed by atoms with Crippen LogP contribution >= 0.6 is 0 Å². The Balaban J connectivity index is 1.58. The van der Waals surface area contributed by atoms with Crippen molar-refractivity contribution < 1.29 is 23.5 Å². The molecule has 11 heteroatoms. The highest BCUT2D eigenvalue weighted by molar-refractivity contribution is 6.01. The molecule has 2 amide bonds. The Hall–Kier alpha value is -4.38. The average Bonchev–Trinajstić information content (AvgIpc) is 2.95. The Morgan fingerprint density at radius 3 is 2.60 bits per heavy atom. The maximum absolute atomic E-state index is 14.9. The first kappa shape index (κ1) is 30.6. The van der Waals surface area contributed by atoms with Gasteiger partial charge in [0.05, 0.1) is 18.5 Å². The van der Waals surface area contributed by atoms with Crippen molar-refractivity contribution in [2.45, 2.75) is 64.1 Å². The summed E-state index contributed by atoms with van der Waals surface area (Å²) in [5.74, 6) is -1.16. The summed E-state index contributed by atoms with van der Waals surface area (Å²) in [5.41, 5.74) is 15.0. The number of nitrogens with one attached hydrogen (secondary N) is 2. The predicted octanol–water partition coefficient (Wildman–Crippen LogP) is 3.99. The van der Waals surface area contributed by atoms with Crippen LogP contribution in [0.5, 0.6) is 0 Å². The smallest absolute Gasteiger partial charge is 0.407 e. The number of benzene rings is 1. The van der Waals surface area contributed by atoms with E-state index in [-0.39, 0.29) is 76.3 Å². The van der Waals surface area contributed by atoms with Gasteiger partial charge in [0.25, 0.3) is 5.91 Å². The Morgan fingerprint density at radius 1 is 1.14 bits per heavy atom. The van der Waals surface area contributed by atoms with E-state index in [1.165, 1.54) is 37.4 Å². The normalized spacial score (nSPS) is 20.2. The number of nitrogen functional groups attached to an aromatic ring is 1. The molecule has 42 heavy (non-hydrogen) atoms. The Kier molecular flexibility index (Phi) is 9.52. The number of carbonyl (C=O) groups excluding carboxylic acids is 3. The largest absolute Gasteiger partial charge is 0.453 e. The number of hydrogen-bond acceptors (Lipinski definition) is 8. The number of Topliss-reactive ketones (excluding diaryl/α,β-unsaturated/α-hetero) is 1. The highest BCUT2D eigenvalue weighted by Crippen LogP contribution is 2.37. The van der Waals surface area contributed by atoms with Gasteiger partial charge in [0, 0.05) is 48.1 Å². The van der Waals surface area contributed by atoms with Crippen LogP contribution in [0.15, 0.2) is 48.8 Å². The molecule has 2 aromatic heterocycles. The van der Waals surface area contributed by atoms with Crippen molar-refractivity contribution in [3.05, 3.63) is 77.0 Å². The van der Waals surface area contributed by atoms with Gasteiger partial charge in [-0.25, -0.2) is 14.2 Å². The predicted molar refractivity (Wildman–Crippen MR) is 157 cm³/mol. The van der Waals surface area contributed by atoms with E-state index in [1.54, 1.807) is 12.4 Å². The molecule has 1 aromatic carbocycles. The summed E-state index contributed by atoms with van der Waals surface area (Å²) in [4.78, 5) is 46.5. The maximum atomic E-state index is 14.9. The first-order valence-corrected chi connectivity index (χ1v) is 13.9. The molecule has 2 heterocycles. The van der Waals surface area contributed by atoms with Crippen molar-refractivity contribution >= 4 is 23.5 Å². The van der Waals surface area contributed by atoms with Crippen molar-refractivity contribution in [3.8, 4) is 11.3 Å². The molecule has 1 aliphatic carbocycles. The molecule has 0 spiro atoms. The fraction of sp³-hybridized carbons (Fsp3) is 0.387. The summed E-state index contributed by atoms with van der Waals surface area (Å²) in [5, 5.41) is 5.61. The monoisotopic (exact) mass is 576 g/mol. The van der Waals surface area contributed by atoms with Crippen molar-refractivity contribution in [3.63, 3.8) is 0 Å². The second-order valence-corrected chi connectivity index (χ2v) is 11.1. The van der Waals surface area contributed by atoms with E-state index >= 15 is 0 Å². The van der Waals surface area contributed by atoms with E-state index in [9.17, 15) is 18.8 Å². The summed E-state index contributed by atoms with van der Waals surface area (Å²) in [6.07, 6.45) is 4.13. The minimum absolute atomic E-state index is 0.00907. The molecule has 4 rings (SSSR count). The van der Waals surface area contributed by atoms with Gasteiger partial charge in [-0.3, -0.25) is 14.6 Å². The number of halogens is 1. The van der Waals surface area contributed by atoms with Gasteiger partial charge in [0.2, 0.25) is 0 Å². The van der Waals surface area contributed by atoms with Crippen LogP contribution in [-0.2, 0) is 11.2 Å². The molecular formula is C31H37FN6O4. The molecule has 222 valence electrons. The lowest BCUT2D eigenvalue weighted by Crippen LogP contribution is -2.54. The van der Waals surface area contributed by atoms with E-state index in [1.807, 2.05) is 26.8 Å². The van der Waals surface area contributed by atoms with Gasteiger partial charge >= 0.3 is 6.09 Å². The number of pyridine rings is 2. The molecule has 0 aliphatic heterocycles. The van der Waals surface area contributed by atoms with E-state index in [0.29, 0.717) is 6.42 Å². The molecule has 3 aromatic rings. The Morgan fingerprint density at radius 2 is 1.90 bits per heavy atom. The van der Waals surface area contributed by atoms with Crippen LogP contribution < -0.4 is 22.1 Å². The van der Waals surface area contributed by atoms with E-state index in [2.05, 4.69) is 20.6 Å². The third kappa shape index (κ3) is 6.91. The number of methoxy groups -OCH3 is 1. The fourth-order valence-corrected chi connectivity index (χ4v) is 5.58. The van der Waals surface area contributed by atoms with Crippen LogP contribution in [0.3, 0.4) is 0 Å². The summed E-state index contributed by atoms with van der Waals surface area (Å²) in [6.45, 7) is 5.69. The minimum atomic E-state index is -0.580. The quantitative estimate of drug-likeness (QED) is 0.293. The zero-order chi connectivity index (χ0) is 30.6. The molecule has 4 atom stereocenters. The van der Waals surface area contributed by atoms with Gasteiger partial charge in [-0.1, -0.05) is 6.92 Å². The van der Waals surface area contributed by atoms with E-state index < -0.39 is 11.9 Å². The van der Waals surface area contributed by atoms with Crippen LogP contribution in [0.25, 0.3) is 11.3 Å². The lowest BCUT2D eigenvalue weighted by atomic mass is 9.72. The number of ketones is 1. The van der Waals surface area contributed by atoms with Gasteiger partial charge in [-0.2, -0.15) is 0 Å². The third-order valence-corrected chi connectivity index (χ3v) is 7.60. The first-order chi connectivity index (χ1) is 20.0. The topological polar surface area (TPSA) is 162 Å². The zero-order valence-electron chi connectivity index (χ0n) is 24.2.